The Morgan fingerprint density at radius 1 is 1.21 bits per heavy atom. The monoisotopic (exact) mass is 281 g/mol. The summed E-state index contributed by atoms with van der Waals surface area (Å²) in [6, 6.07) is 8.00. The molecule has 1 aromatic carbocycles. The fourth-order valence-corrected chi connectivity index (χ4v) is 2.03. The minimum Gasteiger partial charge on any atom is -0.465 e. The molecule has 0 saturated heterocycles. The van der Waals surface area contributed by atoms with Crippen molar-refractivity contribution in [2.75, 3.05) is 18.1 Å². The van der Waals surface area contributed by atoms with Crippen LogP contribution in [0.15, 0.2) is 24.3 Å². The van der Waals surface area contributed by atoms with E-state index >= 15 is 0 Å². The number of aryl methyl sites for hydroxylation is 1. The fourth-order valence-electron chi connectivity index (χ4n) is 1.39. The van der Waals surface area contributed by atoms with Gasteiger partial charge in [-0.2, -0.15) is 0 Å². The van der Waals surface area contributed by atoms with Crippen LogP contribution >= 0.6 is 11.8 Å². The van der Waals surface area contributed by atoms with Crippen molar-refractivity contribution < 1.29 is 14.3 Å². The Bertz CT molecular complexity index is 417. The number of nitrogens with one attached hydrogen (secondary N) is 1. The van der Waals surface area contributed by atoms with E-state index < -0.39 is 0 Å². The summed E-state index contributed by atoms with van der Waals surface area (Å²) < 4.78 is 4.77. The number of thioether (sulfide) groups is 1. The number of carbonyl (C=O) groups excluding carboxylic acids is 2. The Morgan fingerprint density at radius 3 is 2.53 bits per heavy atom. The van der Waals surface area contributed by atoms with Crippen LogP contribution in [0.4, 0.5) is 0 Å². The number of hydrogen-bond donors (Lipinski definition) is 1. The van der Waals surface area contributed by atoms with Gasteiger partial charge in [0, 0.05) is 6.54 Å². The third-order valence-electron chi connectivity index (χ3n) is 2.37. The first kappa shape index (κ1) is 15.6. The maximum atomic E-state index is 11.5. The molecule has 104 valence electrons. The zero-order valence-corrected chi connectivity index (χ0v) is 12.1. The van der Waals surface area contributed by atoms with Gasteiger partial charge in [-0.1, -0.05) is 29.8 Å². The average Bonchev–Trinajstić information content (AvgIpc) is 2.38. The van der Waals surface area contributed by atoms with Crippen LogP contribution in [0, 0.1) is 6.92 Å². The van der Waals surface area contributed by atoms with Gasteiger partial charge in [-0.25, -0.2) is 0 Å². The molecule has 19 heavy (non-hydrogen) atoms. The molecule has 1 rings (SSSR count). The lowest BCUT2D eigenvalue weighted by atomic mass is 10.1. The normalized spacial score (nSPS) is 10.0. The number of ether oxygens (including phenoxy) is 1. The van der Waals surface area contributed by atoms with Crippen molar-refractivity contribution in [3.05, 3.63) is 35.4 Å². The zero-order valence-electron chi connectivity index (χ0n) is 11.3. The SMILES string of the molecule is CCOC(=O)CSCC(=O)NCc1ccc(C)cc1. The van der Waals surface area contributed by atoms with Crippen molar-refractivity contribution in [3.8, 4) is 0 Å². The highest BCUT2D eigenvalue weighted by molar-refractivity contribution is 8.00. The van der Waals surface area contributed by atoms with Crippen molar-refractivity contribution in [2.45, 2.75) is 20.4 Å². The first-order valence-electron chi connectivity index (χ1n) is 6.17. The lowest BCUT2D eigenvalue weighted by molar-refractivity contribution is -0.139. The van der Waals surface area contributed by atoms with Crippen LogP contribution in [-0.4, -0.2) is 30.0 Å². The Kier molecular flexibility index (Phi) is 7.03. The van der Waals surface area contributed by atoms with Gasteiger partial charge in [0.15, 0.2) is 0 Å². The Morgan fingerprint density at radius 2 is 1.89 bits per heavy atom. The van der Waals surface area contributed by atoms with E-state index in [-0.39, 0.29) is 23.4 Å². The molecule has 0 heterocycles. The topological polar surface area (TPSA) is 55.4 Å². The molecular formula is C14H19NO3S. The Hall–Kier alpha value is -1.49. The molecule has 0 aliphatic carbocycles. The molecule has 0 fully saturated rings. The van der Waals surface area contributed by atoms with E-state index in [1.807, 2.05) is 31.2 Å². The minimum atomic E-state index is -0.279. The maximum Gasteiger partial charge on any atom is 0.315 e. The van der Waals surface area contributed by atoms with E-state index in [0.717, 1.165) is 5.56 Å². The van der Waals surface area contributed by atoms with Crippen LogP contribution in [0.1, 0.15) is 18.1 Å². The minimum absolute atomic E-state index is 0.0742. The summed E-state index contributed by atoms with van der Waals surface area (Å²) in [5.74, 6) is 0.130. The van der Waals surface area contributed by atoms with Gasteiger partial charge in [0.1, 0.15) is 0 Å². The number of rotatable bonds is 7. The number of esters is 1. The largest absolute Gasteiger partial charge is 0.465 e. The zero-order chi connectivity index (χ0) is 14.1. The third kappa shape index (κ3) is 6.86. The number of amides is 1. The molecular weight excluding hydrogens is 262 g/mol. The lowest BCUT2D eigenvalue weighted by Gasteiger charge is -2.05. The molecule has 0 aliphatic heterocycles. The van der Waals surface area contributed by atoms with Gasteiger partial charge < -0.3 is 10.1 Å². The highest BCUT2D eigenvalue weighted by atomic mass is 32.2. The van der Waals surface area contributed by atoms with Gasteiger partial charge in [-0.05, 0) is 19.4 Å². The first-order valence-corrected chi connectivity index (χ1v) is 7.33. The highest BCUT2D eigenvalue weighted by Gasteiger charge is 2.05. The standard InChI is InChI=1S/C14H19NO3S/c1-3-18-14(17)10-19-9-13(16)15-8-12-6-4-11(2)5-7-12/h4-7H,3,8-10H2,1-2H3,(H,15,16). The van der Waals surface area contributed by atoms with Crippen molar-refractivity contribution in [1.29, 1.82) is 0 Å². The van der Waals surface area contributed by atoms with Crippen molar-refractivity contribution >= 4 is 23.6 Å². The van der Waals surface area contributed by atoms with Crippen LogP contribution in [0.25, 0.3) is 0 Å². The van der Waals surface area contributed by atoms with Crippen molar-refractivity contribution in [3.63, 3.8) is 0 Å². The van der Waals surface area contributed by atoms with E-state index in [1.165, 1.54) is 17.3 Å². The molecule has 5 heteroatoms. The quantitative estimate of drug-likeness (QED) is 0.776. The third-order valence-corrected chi connectivity index (χ3v) is 3.27. The molecule has 0 spiro atoms. The van der Waals surface area contributed by atoms with Crippen LogP contribution in [0.2, 0.25) is 0 Å². The summed E-state index contributed by atoms with van der Waals surface area (Å²) in [6.07, 6.45) is 0. The van der Waals surface area contributed by atoms with Crippen LogP contribution in [-0.2, 0) is 20.9 Å². The van der Waals surface area contributed by atoms with Crippen molar-refractivity contribution in [1.82, 2.24) is 5.32 Å². The van der Waals surface area contributed by atoms with E-state index in [1.54, 1.807) is 6.92 Å². The second-order valence-electron chi connectivity index (χ2n) is 4.06. The van der Waals surface area contributed by atoms with Crippen molar-refractivity contribution in [2.24, 2.45) is 0 Å². The predicted molar refractivity (Wildman–Crippen MR) is 77.0 cm³/mol. The molecule has 1 N–H and O–H groups in total. The molecule has 0 unspecified atom stereocenters. The van der Waals surface area contributed by atoms with Gasteiger partial charge in [-0.15, -0.1) is 11.8 Å². The molecule has 1 amide bonds. The summed E-state index contributed by atoms with van der Waals surface area (Å²) in [5, 5.41) is 2.81. The smallest absolute Gasteiger partial charge is 0.315 e. The number of benzene rings is 1. The maximum absolute atomic E-state index is 11.5. The molecule has 0 saturated carbocycles. The fraction of sp³-hybridized carbons (Fsp3) is 0.429. The number of carbonyl (C=O) groups is 2. The van der Waals surface area contributed by atoms with Crippen LogP contribution in [0.5, 0.6) is 0 Å². The summed E-state index contributed by atoms with van der Waals surface area (Å²) in [6.45, 7) is 4.67. The second kappa shape index (κ2) is 8.58. The van der Waals surface area contributed by atoms with Crippen LogP contribution in [0.3, 0.4) is 0 Å². The second-order valence-corrected chi connectivity index (χ2v) is 5.05. The molecule has 1 aromatic rings. The Labute approximate surface area is 117 Å². The molecule has 0 atom stereocenters. The van der Waals surface area contributed by atoms with Gasteiger partial charge >= 0.3 is 5.97 Å². The van der Waals surface area contributed by atoms with E-state index in [9.17, 15) is 9.59 Å². The van der Waals surface area contributed by atoms with E-state index in [2.05, 4.69) is 5.32 Å². The molecule has 0 radical (unpaired) electrons. The summed E-state index contributed by atoms with van der Waals surface area (Å²) in [7, 11) is 0. The summed E-state index contributed by atoms with van der Waals surface area (Å²) in [4.78, 5) is 22.6. The molecule has 0 aromatic heterocycles. The predicted octanol–water partition coefficient (Wildman–Crippen LogP) is 1.91. The summed E-state index contributed by atoms with van der Waals surface area (Å²) in [5.41, 5.74) is 2.26. The van der Waals surface area contributed by atoms with E-state index in [0.29, 0.717) is 13.2 Å². The molecule has 0 bridgehead atoms. The van der Waals surface area contributed by atoms with Gasteiger partial charge in [0.2, 0.25) is 5.91 Å². The average molecular weight is 281 g/mol. The van der Waals surface area contributed by atoms with Crippen LogP contribution < -0.4 is 5.32 Å². The highest BCUT2D eigenvalue weighted by Crippen LogP contribution is 2.04. The first-order chi connectivity index (χ1) is 9.11. The van der Waals surface area contributed by atoms with Gasteiger partial charge in [0.05, 0.1) is 18.1 Å². The molecule has 0 aliphatic rings. The van der Waals surface area contributed by atoms with Gasteiger partial charge in [-0.3, -0.25) is 9.59 Å². The van der Waals surface area contributed by atoms with E-state index in [4.69, 9.17) is 4.74 Å². The lowest BCUT2D eigenvalue weighted by Crippen LogP contribution is -2.25. The number of hydrogen-bond acceptors (Lipinski definition) is 4. The Balaban J connectivity index is 2.17. The van der Waals surface area contributed by atoms with Gasteiger partial charge in [0.25, 0.3) is 0 Å². The molecule has 4 nitrogen and oxygen atoms in total. The summed E-state index contributed by atoms with van der Waals surface area (Å²) >= 11 is 1.26.